The van der Waals surface area contributed by atoms with Crippen LogP contribution in [0.1, 0.15) is 30.1 Å². The lowest BCUT2D eigenvalue weighted by Crippen LogP contribution is -2.41. The van der Waals surface area contributed by atoms with Crippen molar-refractivity contribution in [2.75, 3.05) is 13.6 Å². The van der Waals surface area contributed by atoms with Gasteiger partial charge in [0.2, 0.25) is 0 Å². The highest BCUT2D eigenvalue weighted by Crippen LogP contribution is 2.26. The second kappa shape index (κ2) is 5.57. The number of halogens is 1. The van der Waals surface area contributed by atoms with Crippen LogP contribution in [0.25, 0.3) is 0 Å². The van der Waals surface area contributed by atoms with Crippen molar-refractivity contribution in [2.24, 2.45) is 0 Å². The molecule has 0 aromatic heterocycles. The summed E-state index contributed by atoms with van der Waals surface area (Å²) in [6.45, 7) is 2.44. The molecule has 2 N–H and O–H groups in total. The minimum absolute atomic E-state index is 0.186. The summed E-state index contributed by atoms with van der Waals surface area (Å²) in [6, 6.07) is 4.62. The number of rotatable bonds is 5. The molecule has 1 aliphatic rings. The second-order valence-electron chi connectivity index (χ2n) is 5.09. The van der Waals surface area contributed by atoms with Crippen LogP contribution in [0.4, 0.5) is 4.39 Å². The van der Waals surface area contributed by atoms with Gasteiger partial charge in [-0.2, -0.15) is 0 Å². The van der Waals surface area contributed by atoms with Crippen molar-refractivity contribution in [3.63, 3.8) is 0 Å². The Labute approximate surface area is 112 Å². The highest BCUT2D eigenvalue weighted by molar-refractivity contribution is 5.97. The molecule has 1 fully saturated rings. The molecule has 0 radical (unpaired) electrons. The maximum Gasteiger partial charge on any atom is 0.258 e. The van der Waals surface area contributed by atoms with Crippen molar-refractivity contribution in [3.05, 3.63) is 29.6 Å². The molecule has 1 aromatic rings. The highest BCUT2D eigenvalue weighted by atomic mass is 19.1. The lowest BCUT2D eigenvalue weighted by Gasteiger charge is -2.24. The van der Waals surface area contributed by atoms with Crippen LogP contribution in [0.3, 0.4) is 0 Å². The zero-order valence-electron chi connectivity index (χ0n) is 11.2. The lowest BCUT2D eigenvalue weighted by atomic mass is 10.1. The predicted molar refractivity (Wildman–Crippen MR) is 70.6 cm³/mol. The third-order valence-corrected chi connectivity index (χ3v) is 3.59. The van der Waals surface area contributed by atoms with Crippen LogP contribution in [0, 0.1) is 5.82 Å². The summed E-state index contributed by atoms with van der Waals surface area (Å²) in [6.07, 6.45) is 2.39. The van der Waals surface area contributed by atoms with Gasteiger partial charge in [0.05, 0.1) is 0 Å². The summed E-state index contributed by atoms with van der Waals surface area (Å²) in [7, 11) is 2.02. The van der Waals surface area contributed by atoms with E-state index in [2.05, 4.69) is 10.2 Å². The van der Waals surface area contributed by atoms with Gasteiger partial charge >= 0.3 is 0 Å². The normalized spacial score (nSPS) is 16.4. The Morgan fingerprint density at radius 1 is 1.58 bits per heavy atom. The van der Waals surface area contributed by atoms with Crippen LogP contribution in [-0.4, -0.2) is 41.6 Å². The zero-order valence-corrected chi connectivity index (χ0v) is 11.2. The van der Waals surface area contributed by atoms with Crippen LogP contribution in [-0.2, 0) is 0 Å². The van der Waals surface area contributed by atoms with Crippen LogP contribution in [0.2, 0.25) is 0 Å². The van der Waals surface area contributed by atoms with Gasteiger partial charge < -0.3 is 10.4 Å². The SMILES string of the molecule is CC(CNC(=O)c1c(O)cccc1F)N(C)C1CC1. The third-order valence-electron chi connectivity index (χ3n) is 3.59. The Bertz CT molecular complexity index is 454. The molecule has 5 heteroatoms. The summed E-state index contributed by atoms with van der Waals surface area (Å²) in [5.74, 6) is -1.62. The first-order valence-corrected chi connectivity index (χ1v) is 6.48. The van der Waals surface area contributed by atoms with Gasteiger partial charge in [-0.3, -0.25) is 9.69 Å². The van der Waals surface area contributed by atoms with E-state index in [9.17, 15) is 14.3 Å². The molecular formula is C14H19FN2O2. The molecule has 1 saturated carbocycles. The van der Waals surface area contributed by atoms with Gasteiger partial charge in [0.25, 0.3) is 5.91 Å². The molecule has 0 heterocycles. The molecule has 2 rings (SSSR count). The number of hydrogen-bond acceptors (Lipinski definition) is 3. The third kappa shape index (κ3) is 3.23. The molecule has 0 spiro atoms. The summed E-state index contributed by atoms with van der Waals surface area (Å²) in [5.41, 5.74) is -0.288. The number of phenolic OH excluding ortho intramolecular Hbond substituents is 1. The molecule has 1 aromatic carbocycles. The standard InChI is InChI=1S/C14H19FN2O2/c1-9(17(2)10-6-7-10)8-16-14(19)13-11(15)4-3-5-12(13)18/h3-5,9-10,18H,6-8H2,1-2H3,(H,16,19). The maximum absolute atomic E-state index is 13.5. The minimum atomic E-state index is -0.708. The smallest absolute Gasteiger partial charge is 0.258 e. The quantitative estimate of drug-likeness (QED) is 0.853. The van der Waals surface area contributed by atoms with Crippen molar-refractivity contribution >= 4 is 5.91 Å². The Balaban J connectivity index is 1.93. The molecular weight excluding hydrogens is 247 g/mol. The molecule has 19 heavy (non-hydrogen) atoms. The van der Waals surface area contributed by atoms with Gasteiger partial charge in [0.15, 0.2) is 0 Å². The summed E-state index contributed by atoms with van der Waals surface area (Å²) in [4.78, 5) is 14.1. The van der Waals surface area contributed by atoms with E-state index in [4.69, 9.17) is 0 Å². The molecule has 1 atom stereocenters. The summed E-state index contributed by atoms with van der Waals surface area (Å²) < 4.78 is 13.5. The number of amides is 1. The average molecular weight is 266 g/mol. The van der Waals surface area contributed by atoms with Gasteiger partial charge in [0.1, 0.15) is 17.1 Å². The van der Waals surface area contributed by atoms with E-state index in [0.717, 1.165) is 6.07 Å². The Hall–Kier alpha value is -1.62. The second-order valence-corrected chi connectivity index (χ2v) is 5.09. The van der Waals surface area contributed by atoms with E-state index in [1.807, 2.05) is 14.0 Å². The number of nitrogens with one attached hydrogen (secondary N) is 1. The molecule has 1 amide bonds. The van der Waals surface area contributed by atoms with Gasteiger partial charge in [-0.1, -0.05) is 6.07 Å². The first kappa shape index (κ1) is 13.8. The van der Waals surface area contributed by atoms with Crippen LogP contribution in [0.5, 0.6) is 5.75 Å². The Morgan fingerprint density at radius 3 is 2.84 bits per heavy atom. The number of likely N-dealkylation sites (N-methyl/N-ethyl adjacent to an activating group) is 1. The largest absolute Gasteiger partial charge is 0.507 e. The topological polar surface area (TPSA) is 52.6 Å². The number of carbonyl (C=O) groups excluding carboxylic acids is 1. The van der Waals surface area contributed by atoms with Gasteiger partial charge in [-0.05, 0) is 38.9 Å². The van der Waals surface area contributed by atoms with E-state index in [1.165, 1.54) is 25.0 Å². The van der Waals surface area contributed by atoms with E-state index in [0.29, 0.717) is 12.6 Å². The minimum Gasteiger partial charge on any atom is -0.507 e. The first-order valence-electron chi connectivity index (χ1n) is 6.48. The van der Waals surface area contributed by atoms with Crippen molar-refractivity contribution in [1.82, 2.24) is 10.2 Å². The Morgan fingerprint density at radius 2 is 2.26 bits per heavy atom. The van der Waals surface area contributed by atoms with E-state index in [1.54, 1.807) is 0 Å². The number of nitrogens with zero attached hydrogens (tertiary/aromatic N) is 1. The van der Waals surface area contributed by atoms with Gasteiger partial charge in [0, 0.05) is 18.6 Å². The fraction of sp³-hybridized carbons (Fsp3) is 0.500. The highest BCUT2D eigenvalue weighted by Gasteiger charge is 2.29. The van der Waals surface area contributed by atoms with Crippen molar-refractivity contribution in [2.45, 2.75) is 31.8 Å². The van der Waals surface area contributed by atoms with Crippen LogP contribution >= 0.6 is 0 Å². The fourth-order valence-corrected chi connectivity index (χ4v) is 2.05. The average Bonchev–Trinajstić information content (AvgIpc) is 3.19. The molecule has 0 aliphatic heterocycles. The molecule has 0 bridgehead atoms. The number of benzene rings is 1. The monoisotopic (exact) mass is 266 g/mol. The fourth-order valence-electron chi connectivity index (χ4n) is 2.05. The number of aromatic hydroxyl groups is 1. The Kier molecular flexibility index (Phi) is 4.04. The van der Waals surface area contributed by atoms with Gasteiger partial charge in [-0.15, -0.1) is 0 Å². The summed E-state index contributed by atoms with van der Waals surface area (Å²) >= 11 is 0. The first-order chi connectivity index (χ1) is 9.00. The number of hydrogen-bond donors (Lipinski definition) is 2. The van der Waals surface area contributed by atoms with Gasteiger partial charge in [-0.25, -0.2) is 4.39 Å². The number of phenols is 1. The van der Waals surface area contributed by atoms with Crippen LogP contribution in [0.15, 0.2) is 18.2 Å². The van der Waals surface area contributed by atoms with E-state index in [-0.39, 0.29) is 17.4 Å². The van der Waals surface area contributed by atoms with E-state index >= 15 is 0 Å². The maximum atomic E-state index is 13.5. The van der Waals surface area contributed by atoms with E-state index < -0.39 is 11.7 Å². The number of carbonyl (C=O) groups is 1. The predicted octanol–water partition coefficient (Wildman–Crippen LogP) is 1.74. The summed E-state index contributed by atoms with van der Waals surface area (Å²) in [5, 5.41) is 12.2. The van der Waals surface area contributed by atoms with Crippen molar-refractivity contribution in [1.29, 1.82) is 0 Å². The van der Waals surface area contributed by atoms with Crippen LogP contribution < -0.4 is 5.32 Å². The molecule has 1 unspecified atom stereocenters. The zero-order chi connectivity index (χ0) is 14.0. The van der Waals surface area contributed by atoms with Crippen molar-refractivity contribution in [3.8, 4) is 5.75 Å². The molecule has 0 saturated heterocycles. The molecule has 104 valence electrons. The van der Waals surface area contributed by atoms with Crippen molar-refractivity contribution < 1.29 is 14.3 Å². The lowest BCUT2D eigenvalue weighted by molar-refractivity contribution is 0.0932. The molecule has 4 nitrogen and oxygen atoms in total. The molecule has 1 aliphatic carbocycles.